The van der Waals surface area contributed by atoms with E-state index in [1.807, 2.05) is 30.0 Å². The SMILES string of the molecule is C=C/C=C\C1=C(C)C2(c3ccccc3Sc3cc4oc5ccccc5c4cc32)c2ccccc2N1c1ccccc1. The Morgan fingerprint density at radius 3 is 2.29 bits per heavy atom. The van der Waals surface area contributed by atoms with E-state index < -0.39 is 5.41 Å². The number of allylic oxidation sites excluding steroid dienone is 4. The Kier molecular flexibility index (Phi) is 5.38. The van der Waals surface area contributed by atoms with Crippen LogP contribution in [0.2, 0.25) is 0 Å². The van der Waals surface area contributed by atoms with Crippen molar-refractivity contribution < 1.29 is 4.42 Å². The van der Waals surface area contributed by atoms with Crippen LogP contribution in [0, 0.1) is 0 Å². The van der Waals surface area contributed by atoms with Gasteiger partial charge in [-0.15, -0.1) is 0 Å². The molecule has 5 aromatic carbocycles. The van der Waals surface area contributed by atoms with Gasteiger partial charge in [-0.1, -0.05) is 103 Å². The molecule has 0 aliphatic carbocycles. The molecule has 3 heteroatoms. The van der Waals surface area contributed by atoms with Crippen LogP contribution in [0.4, 0.5) is 11.4 Å². The first-order valence-corrected chi connectivity index (χ1v) is 14.7. The van der Waals surface area contributed by atoms with E-state index in [9.17, 15) is 0 Å². The number of furan rings is 1. The second-order valence-electron chi connectivity index (χ2n) is 10.6. The summed E-state index contributed by atoms with van der Waals surface area (Å²) in [5.74, 6) is 0. The third-order valence-corrected chi connectivity index (χ3v) is 9.67. The molecule has 2 nitrogen and oxygen atoms in total. The van der Waals surface area contributed by atoms with Crippen LogP contribution in [0.25, 0.3) is 21.9 Å². The van der Waals surface area contributed by atoms with Gasteiger partial charge >= 0.3 is 0 Å². The van der Waals surface area contributed by atoms with Crippen LogP contribution in [0.5, 0.6) is 0 Å². The Balaban J connectivity index is 1.55. The predicted molar refractivity (Wildman–Crippen MR) is 171 cm³/mol. The lowest BCUT2D eigenvalue weighted by molar-refractivity contribution is 0.653. The van der Waals surface area contributed by atoms with Crippen molar-refractivity contribution in [1.82, 2.24) is 0 Å². The van der Waals surface area contributed by atoms with Crippen LogP contribution in [-0.2, 0) is 5.41 Å². The fraction of sp³-hybridized carbons (Fsp3) is 0.0526. The van der Waals surface area contributed by atoms with E-state index in [1.54, 1.807) is 0 Å². The zero-order valence-electron chi connectivity index (χ0n) is 22.7. The average molecular weight is 546 g/mol. The molecule has 0 saturated carbocycles. The maximum atomic E-state index is 6.37. The van der Waals surface area contributed by atoms with Crippen molar-refractivity contribution in [1.29, 1.82) is 0 Å². The van der Waals surface area contributed by atoms with E-state index in [2.05, 4.69) is 134 Å². The molecule has 0 N–H and O–H groups in total. The molecule has 2 aliphatic heterocycles. The molecule has 1 spiro atoms. The standard InChI is InChI=1S/C38H27NOS/c1-3-4-19-32-25(2)38(29-17-9-11-20-33(29)39(32)26-14-6-5-7-15-26)30-18-10-13-22-36(30)41-37-24-35-28(23-31(37)38)27-16-8-12-21-34(27)40-35/h3-24H,1H2,2H3/b19-4-. The molecule has 0 saturated heterocycles. The maximum absolute atomic E-state index is 6.37. The zero-order chi connectivity index (χ0) is 27.6. The van der Waals surface area contributed by atoms with Crippen LogP contribution in [0.15, 0.2) is 166 Å². The summed E-state index contributed by atoms with van der Waals surface area (Å²) in [4.78, 5) is 4.89. The minimum atomic E-state index is -0.494. The lowest BCUT2D eigenvalue weighted by Gasteiger charge is -2.49. The molecule has 0 bridgehead atoms. The number of hydrogen-bond donors (Lipinski definition) is 0. The lowest BCUT2D eigenvalue weighted by atomic mass is 9.62. The Labute approximate surface area is 243 Å². The molecule has 1 aromatic heterocycles. The molecule has 1 atom stereocenters. The van der Waals surface area contributed by atoms with Gasteiger partial charge in [0.15, 0.2) is 0 Å². The molecule has 1 unspecified atom stereocenters. The number of rotatable bonds is 3. The maximum Gasteiger partial charge on any atom is 0.136 e. The second-order valence-corrected chi connectivity index (χ2v) is 11.7. The minimum absolute atomic E-state index is 0.494. The van der Waals surface area contributed by atoms with Crippen molar-refractivity contribution in [3.63, 3.8) is 0 Å². The average Bonchev–Trinajstić information content (AvgIpc) is 3.38. The molecular weight excluding hydrogens is 518 g/mol. The molecule has 6 aromatic rings. The molecule has 0 fully saturated rings. The molecule has 41 heavy (non-hydrogen) atoms. The first kappa shape index (κ1) is 24.1. The van der Waals surface area contributed by atoms with Crippen LogP contribution in [0.3, 0.4) is 0 Å². The number of hydrogen-bond acceptors (Lipinski definition) is 3. The molecule has 8 rings (SSSR count). The summed E-state index contributed by atoms with van der Waals surface area (Å²) in [7, 11) is 0. The third kappa shape index (κ3) is 3.33. The van der Waals surface area contributed by atoms with E-state index in [0.717, 1.165) is 33.3 Å². The Morgan fingerprint density at radius 2 is 1.44 bits per heavy atom. The fourth-order valence-corrected chi connectivity index (χ4v) is 8.05. The van der Waals surface area contributed by atoms with Gasteiger partial charge in [-0.2, -0.15) is 0 Å². The second kappa shape index (κ2) is 9.15. The van der Waals surface area contributed by atoms with Gasteiger partial charge in [0.05, 0.1) is 11.1 Å². The summed E-state index contributed by atoms with van der Waals surface area (Å²) >= 11 is 1.84. The number of fused-ring (bicyclic) bond motifs is 9. The lowest BCUT2D eigenvalue weighted by Crippen LogP contribution is -2.41. The van der Waals surface area contributed by atoms with Gasteiger partial charge in [0, 0.05) is 31.9 Å². The Morgan fingerprint density at radius 1 is 0.707 bits per heavy atom. The van der Waals surface area contributed by atoms with E-state index in [4.69, 9.17) is 4.42 Å². The monoisotopic (exact) mass is 545 g/mol. The predicted octanol–water partition coefficient (Wildman–Crippen LogP) is 10.6. The fourth-order valence-electron chi connectivity index (χ4n) is 6.84. The summed E-state index contributed by atoms with van der Waals surface area (Å²) in [5.41, 5.74) is 9.97. The highest BCUT2D eigenvalue weighted by molar-refractivity contribution is 7.99. The third-order valence-electron chi connectivity index (χ3n) is 8.54. The smallest absolute Gasteiger partial charge is 0.136 e. The minimum Gasteiger partial charge on any atom is -0.456 e. The number of nitrogens with zero attached hydrogens (tertiary/aromatic N) is 1. The summed E-state index contributed by atoms with van der Waals surface area (Å²) in [5, 5.41) is 2.30. The van der Waals surface area contributed by atoms with Crippen LogP contribution >= 0.6 is 11.8 Å². The summed E-state index contributed by atoms with van der Waals surface area (Å²) in [6.07, 6.45) is 6.12. The van der Waals surface area contributed by atoms with Crippen molar-refractivity contribution in [3.05, 3.63) is 168 Å². The first-order valence-electron chi connectivity index (χ1n) is 13.9. The Bertz CT molecular complexity index is 2070. The van der Waals surface area contributed by atoms with E-state index in [1.165, 1.54) is 37.7 Å². The van der Waals surface area contributed by atoms with Crippen LogP contribution in [-0.4, -0.2) is 0 Å². The van der Waals surface area contributed by atoms with E-state index in [0.29, 0.717) is 0 Å². The van der Waals surface area contributed by atoms with Crippen molar-refractivity contribution in [2.45, 2.75) is 22.1 Å². The molecular formula is C38H27NOS. The van der Waals surface area contributed by atoms with Crippen molar-refractivity contribution in [3.8, 4) is 0 Å². The van der Waals surface area contributed by atoms with Crippen molar-refractivity contribution >= 4 is 45.1 Å². The van der Waals surface area contributed by atoms with Crippen molar-refractivity contribution in [2.75, 3.05) is 4.90 Å². The van der Waals surface area contributed by atoms with Gasteiger partial charge in [0.1, 0.15) is 11.2 Å². The van der Waals surface area contributed by atoms with Gasteiger partial charge in [0.25, 0.3) is 0 Å². The largest absolute Gasteiger partial charge is 0.456 e. The molecule has 3 heterocycles. The molecule has 0 amide bonds. The van der Waals surface area contributed by atoms with Gasteiger partial charge in [-0.3, -0.25) is 0 Å². The van der Waals surface area contributed by atoms with Crippen molar-refractivity contribution in [2.24, 2.45) is 0 Å². The van der Waals surface area contributed by atoms with Crippen LogP contribution in [0.1, 0.15) is 23.6 Å². The van der Waals surface area contributed by atoms with Gasteiger partial charge in [0.2, 0.25) is 0 Å². The zero-order valence-corrected chi connectivity index (χ0v) is 23.5. The van der Waals surface area contributed by atoms with E-state index >= 15 is 0 Å². The summed E-state index contributed by atoms with van der Waals surface area (Å²) < 4.78 is 6.37. The number of para-hydroxylation sites is 3. The van der Waals surface area contributed by atoms with Gasteiger partial charge in [-0.25, -0.2) is 0 Å². The molecule has 2 aliphatic rings. The summed E-state index contributed by atoms with van der Waals surface area (Å²) in [6.45, 7) is 6.31. The molecule has 0 radical (unpaired) electrons. The van der Waals surface area contributed by atoms with Gasteiger partial charge in [-0.05, 0) is 77.7 Å². The molecule has 196 valence electrons. The quantitative estimate of drug-likeness (QED) is 0.206. The highest BCUT2D eigenvalue weighted by Gasteiger charge is 2.50. The summed E-state index contributed by atoms with van der Waals surface area (Å²) in [6, 6.07) is 41.5. The number of benzene rings is 5. The highest BCUT2D eigenvalue weighted by atomic mass is 32.2. The van der Waals surface area contributed by atoms with Gasteiger partial charge < -0.3 is 9.32 Å². The normalized spacial score (nSPS) is 17.7. The van der Waals surface area contributed by atoms with E-state index in [-0.39, 0.29) is 0 Å². The van der Waals surface area contributed by atoms with Crippen LogP contribution < -0.4 is 4.90 Å². The Hall–Kier alpha value is -4.73. The first-order chi connectivity index (χ1) is 20.2. The number of anilines is 2. The highest BCUT2D eigenvalue weighted by Crippen LogP contribution is 2.61. The topological polar surface area (TPSA) is 16.4 Å².